The molecule has 0 saturated carbocycles. The molecule has 2 aromatic carbocycles. The van der Waals surface area contributed by atoms with Crippen molar-refractivity contribution in [2.45, 2.75) is 32.4 Å². The van der Waals surface area contributed by atoms with Crippen molar-refractivity contribution in [1.29, 1.82) is 0 Å². The van der Waals surface area contributed by atoms with Gasteiger partial charge in [0.25, 0.3) is 0 Å². The molecule has 28 heavy (non-hydrogen) atoms. The van der Waals surface area contributed by atoms with Crippen molar-refractivity contribution in [2.24, 2.45) is 10.9 Å². The van der Waals surface area contributed by atoms with E-state index in [0.29, 0.717) is 17.6 Å². The molecule has 5 nitrogen and oxygen atoms in total. The lowest BCUT2D eigenvalue weighted by Crippen LogP contribution is -2.36. The van der Waals surface area contributed by atoms with Crippen LogP contribution in [0.3, 0.4) is 0 Å². The zero-order chi connectivity index (χ0) is 20.1. The molecular formula is C22H25N3O2S. The lowest BCUT2D eigenvalue weighted by atomic mass is 10.2. The van der Waals surface area contributed by atoms with E-state index in [9.17, 15) is 9.59 Å². The van der Waals surface area contributed by atoms with Gasteiger partial charge in [-0.1, -0.05) is 61.5 Å². The zero-order valence-corrected chi connectivity index (χ0v) is 17.2. The zero-order valence-electron chi connectivity index (χ0n) is 16.4. The van der Waals surface area contributed by atoms with E-state index in [1.807, 2.05) is 61.5 Å². The van der Waals surface area contributed by atoms with Crippen LogP contribution in [0.1, 0.15) is 25.8 Å². The van der Waals surface area contributed by atoms with Gasteiger partial charge in [-0.15, -0.1) is 0 Å². The molecule has 1 N–H and O–H groups in total. The van der Waals surface area contributed by atoms with Crippen molar-refractivity contribution >= 4 is 40.1 Å². The lowest BCUT2D eigenvalue weighted by Gasteiger charge is -2.18. The molecule has 2 amide bonds. The Kier molecular flexibility index (Phi) is 6.52. The summed E-state index contributed by atoms with van der Waals surface area (Å²) >= 11 is 1.37. The number of nitrogens with zero attached hydrogens (tertiary/aromatic N) is 2. The van der Waals surface area contributed by atoms with Gasteiger partial charge in [0.15, 0.2) is 5.17 Å². The molecule has 0 radical (unpaired) electrons. The van der Waals surface area contributed by atoms with Crippen molar-refractivity contribution in [3.63, 3.8) is 0 Å². The number of anilines is 1. The van der Waals surface area contributed by atoms with Gasteiger partial charge in [-0.25, -0.2) is 4.99 Å². The van der Waals surface area contributed by atoms with Crippen LogP contribution in [0.2, 0.25) is 0 Å². The van der Waals surface area contributed by atoms with E-state index in [-0.39, 0.29) is 18.2 Å². The summed E-state index contributed by atoms with van der Waals surface area (Å²) in [5, 5.41) is 3.09. The van der Waals surface area contributed by atoms with E-state index < -0.39 is 5.25 Å². The molecule has 0 bridgehead atoms. The predicted molar refractivity (Wildman–Crippen MR) is 116 cm³/mol. The number of aryl methyl sites for hydroxylation is 1. The number of carbonyl (C=O) groups is 2. The molecule has 0 aliphatic carbocycles. The van der Waals surface area contributed by atoms with E-state index in [2.05, 4.69) is 24.2 Å². The second-order valence-electron chi connectivity index (χ2n) is 7.30. The summed E-state index contributed by atoms with van der Waals surface area (Å²) < 4.78 is 0. The Hall–Kier alpha value is -2.60. The number of amidine groups is 1. The lowest BCUT2D eigenvalue weighted by molar-refractivity contribution is -0.128. The fraction of sp³-hybridized carbons (Fsp3) is 0.318. The number of hydrogen-bond acceptors (Lipinski definition) is 4. The standard InChI is InChI=1S/C22H25N3O2S/c1-15(2)14-25-21(27)19(28-22(25)24-17-7-5-4-6-8-17)13-20(26)23-18-11-9-16(3)10-12-18/h4-12,15,19H,13-14H2,1-3H3,(H,23,26)/t19-/m1/s1. The van der Waals surface area contributed by atoms with Crippen molar-refractivity contribution < 1.29 is 9.59 Å². The van der Waals surface area contributed by atoms with Crippen LogP contribution in [-0.2, 0) is 9.59 Å². The number of amides is 2. The summed E-state index contributed by atoms with van der Waals surface area (Å²) in [7, 11) is 0. The maximum atomic E-state index is 12.9. The summed E-state index contributed by atoms with van der Waals surface area (Å²) in [6, 6.07) is 17.2. The highest BCUT2D eigenvalue weighted by molar-refractivity contribution is 8.15. The molecule has 0 spiro atoms. The molecule has 1 aliphatic heterocycles. The Morgan fingerprint density at radius 1 is 1.14 bits per heavy atom. The third kappa shape index (κ3) is 5.23. The first-order chi connectivity index (χ1) is 13.4. The average molecular weight is 396 g/mol. The fourth-order valence-corrected chi connectivity index (χ4v) is 4.06. The van der Waals surface area contributed by atoms with Gasteiger partial charge in [0.05, 0.1) is 5.69 Å². The van der Waals surface area contributed by atoms with E-state index >= 15 is 0 Å². The molecule has 6 heteroatoms. The summed E-state index contributed by atoms with van der Waals surface area (Å²) in [6.45, 7) is 6.72. The second kappa shape index (κ2) is 9.06. The van der Waals surface area contributed by atoms with Gasteiger partial charge in [0.2, 0.25) is 11.8 Å². The van der Waals surface area contributed by atoms with Gasteiger partial charge >= 0.3 is 0 Å². The molecule has 0 aromatic heterocycles. The quantitative estimate of drug-likeness (QED) is 0.777. The second-order valence-corrected chi connectivity index (χ2v) is 8.47. The summed E-state index contributed by atoms with van der Waals surface area (Å²) in [5.74, 6) is 0.0956. The molecule has 3 rings (SSSR count). The maximum absolute atomic E-state index is 12.9. The maximum Gasteiger partial charge on any atom is 0.242 e. The Bertz CT molecular complexity index is 863. The van der Waals surface area contributed by atoms with E-state index in [0.717, 1.165) is 16.9 Å². The number of hydrogen-bond donors (Lipinski definition) is 1. The van der Waals surface area contributed by atoms with Crippen molar-refractivity contribution in [3.05, 3.63) is 60.2 Å². The number of nitrogens with one attached hydrogen (secondary N) is 1. The summed E-state index contributed by atoms with van der Waals surface area (Å²) in [5.41, 5.74) is 2.67. The minimum absolute atomic E-state index is 0.0487. The minimum atomic E-state index is -0.452. The van der Waals surface area contributed by atoms with Crippen molar-refractivity contribution in [1.82, 2.24) is 4.90 Å². The first kappa shape index (κ1) is 20.1. The molecular weight excluding hydrogens is 370 g/mol. The largest absolute Gasteiger partial charge is 0.326 e. The van der Waals surface area contributed by atoms with Crippen LogP contribution in [0.25, 0.3) is 0 Å². The molecule has 2 aromatic rings. The van der Waals surface area contributed by atoms with E-state index in [1.165, 1.54) is 11.8 Å². The van der Waals surface area contributed by atoms with E-state index in [1.54, 1.807) is 4.90 Å². The number of benzene rings is 2. The Morgan fingerprint density at radius 3 is 2.46 bits per heavy atom. The highest BCUT2D eigenvalue weighted by atomic mass is 32.2. The van der Waals surface area contributed by atoms with Gasteiger partial charge in [-0.05, 0) is 37.1 Å². The minimum Gasteiger partial charge on any atom is -0.326 e. The van der Waals surface area contributed by atoms with Gasteiger partial charge in [-0.3, -0.25) is 14.5 Å². The van der Waals surface area contributed by atoms with Gasteiger partial charge in [0.1, 0.15) is 5.25 Å². The SMILES string of the molecule is Cc1ccc(NC(=O)C[C@H]2SC(=Nc3ccccc3)N(CC(C)C)C2=O)cc1. The highest BCUT2D eigenvalue weighted by Gasteiger charge is 2.39. The van der Waals surface area contributed by atoms with Crippen LogP contribution in [0.15, 0.2) is 59.6 Å². The van der Waals surface area contributed by atoms with Crippen LogP contribution in [0, 0.1) is 12.8 Å². The van der Waals surface area contributed by atoms with Crippen LogP contribution in [0.5, 0.6) is 0 Å². The Morgan fingerprint density at radius 2 is 1.82 bits per heavy atom. The van der Waals surface area contributed by atoms with Gasteiger partial charge < -0.3 is 5.32 Å². The Balaban J connectivity index is 1.72. The summed E-state index contributed by atoms with van der Waals surface area (Å²) in [6.07, 6.45) is 0.125. The smallest absolute Gasteiger partial charge is 0.242 e. The van der Waals surface area contributed by atoms with Crippen LogP contribution in [0.4, 0.5) is 11.4 Å². The van der Waals surface area contributed by atoms with Crippen LogP contribution in [-0.4, -0.2) is 33.7 Å². The van der Waals surface area contributed by atoms with Crippen LogP contribution >= 0.6 is 11.8 Å². The molecule has 146 valence electrons. The predicted octanol–water partition coefficient (Wildman–Crippen LogP) is 4.61. The van der Waals surface area contributed by atoms with Crippen LogP contribution < -0.4 is 5.32 Å². The van der Waals surface area contributed by atoms with E-state index in [4.69, 9.17) is 0 Å². The number of thioether (sulfide) groups is 1. The number of para-hydroxylation sites is 1. The number of carbonyl (C=O) groups excluding carboxylic acids is 2. The fourth-order valence-electron chi connectivity index (χ4n) is 2.89. The molecule has 0 unspecified atom stereocenters. The van der Waals surface area contributed by atoms with Crippen molar-refractivity contribution in [2.75, 3.05) is 11.9 Å². The van der Waals surface area contributed by atoms with Crippen molar-refractivity contribution in [3.8, 4) is 0 Å². The third-order valence-corrected chi connectivity index (χ3v) is 5.43. The average Bonchev–Trinajstić information content (AvgIpc) is 2.93. The first-order valence-corrected chi connectivity index (χ1v) is 10.3. The van der Waals surface area contributed by atoms with Gasteiger partial charge in [-0.2, -0.15) is 0 Å². The number of aliphatic imine (C=N–C) groups is 1. The number of rotatable bonds is 6. The molecule has 1 atom stereocenters. The first-order valence-electron chi connectivity index (χ1n) is 9.40. The third-order valence-electron chi connectivity index (χ3n) is 4.25. The highest BCUT2D eigenvalue weighted by Crippen LogP contribution is 2.32. The molecule has 1 saturated heterocycles. The Labute approximate surface area is 170 Å². The molecule has 1 heterocycles. The molecule has 1 aliphatic rings. The monoisotopic (exact) mass is 395 g/mol. The normalized spacial score (nSPS) is 18.1. The molecule has 1 fully saturated rings. The van der Waals surface area contributed by atoms with Gasteiger partial charge in [0, 0.05) is 18.7 Å². The summed E-state index contributed by atoms with van der Waals surface area (Å²) in [4.78, 5) is 31.7. The topological polar surface area (TPSA) is 61.8 Å².